The molecule has 1 saturated heterocycles. The smallest absolute Gasteiger partial charge is 0.410 e. The molecule has 10 heteroatoms. The second kappa shape index (κ2) is 7.81. The summed E-state index contributed by atoms with van der Waals surface area (Å²) in [6, 6.07) is 1.82. The number of ether oxygens (including phenoxy) is 1. The number of cyclic esters (lactones) is 1. The average molecular weight is 359 g/mol. The molecule has 3 heterocycles. The Labute approximate surface area is 150 Å². The Balaban J connectivity index is 1.49. The Bertz CT molecular complexity index is 805. The number of nitrogens with zero attached hydrogens (tertiary/aromatic N) is 5. The summed E-state index contributed by atoms with van der Waals surface area (Å²) in [6.45, 7) is 5.41. The van der Waals surface area contributed by atoms with Crippen molar-refractivity contribution >= 4 is 17.8 Å². The van der Waals surface area contributed by atoms with E-state index in [1.54, 1.807) is 6.20 Å². The van der Waals surface area contributed by atoms with E-state index >= 15 is 0 Å². The molecule has 0 spiro atoms. The zero-order valence-electron chi connectivity index (χ0n) is 14.7. The van der Waals surface area contributed by atoms with Crippen molar-refractivity contribution in [1.29, 1.82) is 0 Å². The largest absolute Gasteiger partial charge is 0.448 e. The van der Waals surface area contributed by atoms with Crippen LogP contribution in [0.4, 0.5) is 10.6 Å². The minimum absolute atomic E-state index is 0.00943. The number of carbonyl (C=O) groups is 2. The van der Waals surface area contributed by atoms with E-state index in [-0.39, 0.29) is 12.5 Å². The van der Waals surface area contributed by atoms with Crippen LogP contribution in [0.5, 0.6) is 0 Å². The van der Waals surface area contributed by atoms with Gasteiger partial charge in [-0.15, -0.1) is 0 Å². The van der Waals surface area contributed by atoms with Gasteiger partial charge < -0.3 is 15.4 Å². The van der Waals surface area contributed by atoms with E-state index in [1.807, 2.05) is 30.7 Å². The maximum atomic E-state index is 11.8. The SMILES string of the molecule is Cc1nc(NCCNC(=O)CN2CCOC2=O)cc(-n2ccnc2C)n1. The highest BCUT2D eigenvalue weighted by Crippen LogP contribution is 2.12. The standard InChI is InChI=1S/C16H21N7O3/c1-11-20-13(9-14(21-11)23-6-5-17-12(23)2)18-3-4-19-15(24)10-22-7-8-26-16(22)25/h5-6,9H,3-4,7-8,10H2,1-2H3,(H,19,24)(H,18,20,21). The average Bonchev–Trinajstić information content (AvgIpc) is 3.20. The van der Waals surface area contributed by atoms with Gasteiger partial charge in [-0.1, -0.05) is 0 Å². The second-order valence-corrected chi connectivity index (χ2v) is 5.82. The van der Waals surface area contributed by atoms with Crippen LogP contribution in [0, 0.1) is 13.8 Å². The lowest BCUT2D eigenvalue weighted by molar-refractivity contribution is -0.121. The van der Waals surface area contributed by atoms with Gasteiger partial charge in [0.1, 0.15) is 36.4 Å². The predicted molar refractivity (Wildman–Crippen MR) is 93.0 cm³/mol. The van der Waals surface area contributed by atoms with Gasteiger partial charge in [-0.3, -0.25) is 14.3 Å². The lowest BCUT2D eigenvalue weighted by Gasteiger charge is -2.13. The molecule has 2 aromatic heterocycles. The molecule has 2 aromatic rings. The summed E-state index contributed by atoms with van der Waals surface area (Å²) in [4.78, 5) is 37.5. The number of anilines is 1. The number of nitrogens with one attached hydrogen (secondary N) is 2. The third-order valence-corrected chi connectivity index (χ3v) is 3.83. The molecule has 0 bridgehead atoms. The van der Waals surface area contributed by atoms with Gasteiger partial charge in [0, 0.05) is 31.5 Å². The van der Waals surface area contributed by atoms with Gasteiger partial charge in [-0.2, -0.15) is 0 Å². The van der Waals surface area contributed by atoms with Crippen molar-refractivity contribution in [2.75, 3.05) is 38.1 Å². The number of imidazole rings is 1. The Hall–Kier alpha value is -3.17. The number of aryl methyl sites for hydroxylation is 2. The van der Waals surface area contributed by atoms with Gasteiger partial charge in [0.25, 0.3) is 0 Å². The number of aromatic nitrogens is 4. The molecular weight excluding hydrogens is 338 g/mol. The number of amides is 2. The van der Waals surface area contributed by atoms with Crippen LogP contribution in [-0.4, -0.2) is 69.2 Å². The van der Waals surface area contributed by atoms with Crippen molar-refractivity contribution in [1.82, 2.24) is 29.7 Å². The molecule has 1 aliphatic rings. The van der Waals surface area contributed by atoms with Crippen molar-refractivity contribution in [3.63, 3.8) is 0 Å². The Kier molecular flexibility index (Phi) is 5.30. The van der Waals surface area contributed by atoms with E-state index < -0.39 is 6.09 Å². The van der Waals surface area contributed by atoms with Crippen LogP contribution in [0.3, 0.4) is 0 Å². The molecule has 2 N–H and O–H groups in total. The van der Waals surface area contributed by atoms with Crippen LogP contribution in [0.2, 0.25) is 0 Å². The molecule has 3 rings (SSSR count). The fourth-order valence-corrected chi connectivity index (χ4v) is 2.58. The molecule has 1 fully saturated rings. The highest BCUT2D eigenvalue weighted by atomic mass is 16.6. The fourth-order valence-electron chi connectivity index (χ4n) is 2.58. The van der Waals surface area contributed by atoms with Gasteiger partial charge in [-0.25, -0.2) is 19.7 Å². The molecule has 138 valence electrons. The zero-order chi connectivity index (χ0) is 18.5. The summed E-state index contributed by atoms with van der Waals surface area (Å²) in [5.41, 5.74) is 0. The van der Waals surface area contributed by atoms with Crippen LogP contribution in [0.15, 0.2) is 18.5 Å². The van der Waals surface area contributed by atoms with Crippen molar-refractivity contribution in [2.45, 2.75) is 13.8 Å². The monoisotopic (exact) mass is 359 g/mol. The Morgan fingerprint density at radius 1 is 1.31 bits per heavy atom. The molecule has 0 saturated carbocycles. The molecule has 0 aromatic carbocycles. The zero-order valence-corrected chi connectivity index (χ0v) is 14.7. The Morgan fingerprint density at radius 3 is 2.85 bits per heavy atom. The molecule has 10 nitrogen and oxygen atoms in total. The van der Waals surface area contributed by atoms with E-state index in [4.69, 9.17) is 4.74 Å². The maximum absolute atomic E-state index is 11.8. The minimum Gasteiger partial charge on any atom is -0.448 e. The first kappa shape index (κ1) is 17.6. The number of rotatable bonds is 7. The summed E-state index contributed by atoms with van der Waals surface area (Å²) in [6.07, 6.45) is 3.10. The first-order valence-electron chi connectivity index (χ1n) is 8.31. The molecule has 0 aliphatic carbocycles. The molecule has 26 heavy (non-hydrogen) atoms. The lowest BCUT2D eigenvalue weighted by atomic mass is 10.4. The van der Waals surface area contributed by atoms with Crippen LogP contribution >= 0.6 is 0 Å². The molecule has 0 atom stereocenters. The van der Waals surface area contributed by atoms with Crippen LogP contribution in [0.1, 0.15) is 11.6 Å². The van der Waals surface area contributed by atoms with E-state index in [9.17, 15) is 9.59 Å². The first-order chi connectivity index (χ1) is 12.5. The molecule has 0 unspecified atom stereocenters. The highest BCUT2D eigenvalue weighted by Gasteiger charge is 2.23. The summed E-state index contributed by atoms with van der Waals surface area (Å²) in [7, 11) is 0. The van der Waals surface area contributed by atoms with Crippen LogP contribution in [-0.2, 0) is 9.53 Å². The van der Waals surface area contributed by atoms with Gasteiger partial charge in [0.15, 0.2) is 0 Å². The minimum atomic E-state index is -0.447. The topological polar surface area (TPSA) is 114 Å². The van der Waals surface area contributed by atoms with Crippen LogP contribution < -0.4 is 10.6 Å². The van der Waals surface area contributed by atoms with E-state index in [2.05, 4.69) is 25.6 Å². The predicted octanol–water partition coefficient (Wildman–Crippen LogP) is 0.259. The third-order valence-electron chi connectivity index (χ3n) is 3.83. The second-order valence-electron chi connectivity index (χ2n) is 5.82. The molecule has 2 amide bonds. The summed E-state index contributed by atoms with van der Waals surface area (Å²) >= 11 is 0. The lowest BCUT2D eigenvalue weighted by Crippen LogP contribution is -2.39. The maximum Gasteiger partial charge on any atom is 0.410 e. The van der Waals surface area contributed by atoms with Crippen molar-refractivity contribution in [3.8, 4) is 5.82 Å². The first-order valence-corrected chi connectivity index (χ1v) is 8.31. The normalized spacial score (nSPS) is 13.6. The summed E-state index contributed by atoms with van der Waals surface area (Å²) in [5, 5.41) is 5.92. The van der Waals surface area contributed by atoms with E-state index in [1.165, 1.54) is 4.90 Å². The van der Waals surface area contributed by atoms with E-state index in [0.29, 0.717) is 37.9 Å². The number of carbonyl (C=O) groups excluding carboxylic acids is 2. The van der Waals surface area contributed by atoms with Crippen LogP contribution in [0.25, 0.3) is 5.82 Å². The van der Waals surface area contributed by atoms with Gasteiger partial charge in [0.05, 0.1) is 6.54 Å². The fraction of sp³-hybridized carbons (Fsp3) is 0.438. The van der Waals surface area contributed by atoms with Gasteiger partial charge in [-0.05, 0) is 13.8 Å². The van der Waals surface area contributed by atoms with Crippen molar-refractivity contribution in [2.24, 2.45) is 0 Å². The number of hydrogen-bond donors (Lipinski definition) is 2. The molecule has 0 radical (unpaired) electrons. The number of hydrogen-bond acceptors (Lipinski definition) is 7. The molecular formula is C16H21N7O3. The van der Waals surface area contributed by atoms with Gasteiger partial charge >= 0.3 is 6.09 Å². The quantitative estimate of drug-likeness (QED) is 0.682. The van der Waals surface area contributed by atoms with Crippen molar-refractivity contribution in [3.05, 3.63) is 30.1 Å². The third kappa shape index (κ3) is 4.26. The summed E-state index contributed by atoms with van der Waals surface area (Å²) in [5.74, 6) is 2.64. The van der Waals surface area contributed by atoms with E-state index in [0.717, 1.165) is 11.6 Å². The molecule has 1 aliphatic heterocycles. The Morgan fingerprint density at radius 2 is 2.15 bits per heavy atom. The van der Waals surface area contributed by atoms with Gasteiger partial charge in [0.2, 0.25) is 5.91 Å². The highest BCUT2D eigenvalue weighted by molar-refractivity contribution is 5.82. The van der Waals surface area contributed by atoms with Crippen molar-refractivity contribution < 1.29 is 14.3 Å². The summed E-state index contributed by atoms with van der Waals surface area (Å²) < 4.78 is 6.66.